The van der Waals surface area contributed by atoms with Gasteiger partial charge in [0.25, 0.3) is 0 Å². The summed E-state index contributed by atoms with van der Waals surface area (Å²) in [6, 6.07) is 2.69. The fourth-order valence-corrected chi connectivity index (χ4v) is 3.78. The minimum atomic E-state index is -4.37. The molecule has 0 bridgehead atoms. The summed E-state index contributed by atoms with van der Waals surface area (Å²) in [5, 5.41) is 3.12. The average molecular weight is 443 g/mol. The number of piperidine rings is 1. The van der Waals surface area contributed by atoms with Crippen LogP contribution in [0.25, 0.3) is 0 Å². The predicted octanol–water partition coefficient (Wildman–Crippen LogP) is 3.55. The molecule has 1 saturated carbocycles. The Morgan fingerprint density at radius 3 is 2.36 bits per heavy atom. The van der Waals surface area contributed by atoms with Gasteiger partial charge >= 0.3 is 6.18 Å². The first kappa shape index (κ1) is 24.8. The molecule has 2 aliphatic rings. The Morgan fingerprint density at radius 2 is 1.82 bits per heavy atom. The van der Waals surface area contributed by atoms with Crippen LogP contribution in [-0.4, -0.2) is 36.1 Å². The summed E-state index contributed by atoms with van der Waals surface area (Å²) in [6.07, 6.45) is 1.65. The third kappa shape index (κ3) is 6.39. The number of hydrogen-bond acceptors (Lipinski definition) is 4. The molecule has 28 heavy (non-hydrogen) atoms. The van der Waals surface area contributed by atoms with Crippen LogP contribution in [0.3, 0.4) is 0 Å². The molecule has 2 atom stereocenters. The van der Waals surface area contributed by atoms with Gasteiger partial charge in [0, 0.05) is 37.3 Å². The molecule has 5 nitrogen and oxygen atoms in total. The number of amides is 1. The predicted molar refractivity (Wildman–Crippen MR) is 107 cm³/mol. The molecule has 2 heterocycles. The number of carbonyl (C=O) groups excluding carboxylic acids is 1. The molecule has 2 fully saturated rings. The number of hydrogen-bond donors (Lipinski definition) is 2. The van der Waals surface area contributed by atoms with E-state index in [2.05, 4.69) is 10.3 Å². The fourth-order valence-electron chi connectivity index (χ4n) is 3.78. The van der Waals surface area contributed by atoms with Crippen LogP contribution in [-0.2, 0) is 11.0 Å². The van der Waals surface area contributed by atoms with Crippen LogP contribution in [0.15, 0.2) is 18.3 Å². The Morgan fingerprint density at radius 1 is 1.14 bits per heavy atom. The average Bonchev–Trinajstić information content (AvgIpc) is 2.62. The molecule has 1 saturated heterocycles. The lowest BCUT2D eigenvalue weighted by molar-refractivity contribution is -0.137. The molecule has 0 aromatic carbocycles. The first-order chi connectivity index (χ1) is 12.3. The van der Waals surface area contributed by atoms with E-state index in [1.165, 1.54) is 6.07 Å². The van der Waals surface area contributed by atoms with E-state index in [9.17, 15) is 18.0 Å². The zero-order chi connectivity index (χ0) is 18.7. The van der Waals surface area contributed by atoms with Crippen molar-refractivity contribution in [3.8, 4) is 0 Å². The smallest absolute Gasteiger partial charge is 0.356 e. The highest BCUT2D eigenvalue weighted by Crippen LogP contribution is 2.30. The van der Waals surface area contributed by atoms with Crippen LogP contribution in [0.2, 0.25) is 0 Å². The van der Waals surface area contributed by atoms with Crippen molar-refractivity contribution < 1.29 is 18.0 Å². The molecule has 3 N–H and O–H groups in total. The van der Waals surface area contributed by atoms with Crippen LogP contribution in [0.1, 0.15) is 44.1 Å². The van der Waals surface area contributed by atoms with E-state index in [0.717, 1.165) is 50.8 Å². The van der Waals surface area contributed by atoms with Crippen molar-refractivity contribution >= 4 is 36.5 Å². The van der Waals surface area contributed by atoms with E-state index in [1.807, 2.05) is 4.90 Å². The van der Waals surface area contributed by atoms with Crippen molar-refractivity contribution in [3.05, 3.63) is 23.9 Å². The van der Waals surface area contributed by atoms with E-state index < -0.39 is 11.7 Å². The Balaban J connectivity index is 0.00000196. The number of pyridine rings is 1. The van der Waals surface area contributed by atoms with Gasteiger partial charge in [-0.05, 0) is 44.2 Å². The topological polar surface area (TPSA) is 71.2 Å². The molecule has 160 valence electrons. The van der Waals surface area contributed by atoms with E-state index in [-0.39, 0.29) is 48.7 Å². The fraction of sp³-hybridized carbons (Fsp3) is 0.667. The number of anilines is 1. The molecule has 1 amide bonds. The Hall–Kier alpha value is -1.25. The maximum Gasteiger partial charge on any atom is 0.417 e. The lowest BCUT2D eigenvalue weighted by Gasteiger charge is -2.34. The third-order valence-corrected chi connectivity index (χ3v) is 5.33. The summed E-state index contributed by atoms with van der Waals surface area (Å²) >= 11 is 0. The summed E-state index contributed by atoms with van der Waals surface area (Å²) in [5.41, 5.74) is 5.21. The molecule has 1 aromatic heterocycles. The third-order valence-electron chi connectivity index (χ3n) is 5.33. The Bertz CT molecular complexity index is 622. The van der Waals surface area contributed by atoms with Crippen molar-refractivity contribution in [2.45, 2.75) is 56.8 Å². The minimum absolute atomic E-state index is 0. The Kier molecular flexibility index (Phi) is 9.30. The van der Waals surface area contributed by atoms with Gasteiger partial charge in [-0.3, -0.25) is 4.79 Å². The van der Waals surface area contributed by atoms with Crippen molar-refractivity contribution in [1.82, 2.24) is 10.3 Å². The molecular formula is C18H27Cl2F3N4O. The van der Waals surface area contributed by atoms with Crippen LogP contribution in [0.4, 0.5) is 19.0 Å². The minimum Gasteiger partial charge on any atom is -0.356 e. The summed E-state index contributed by atoms with van der Waals surface area (Å²) in [5.74, 6) is 0.639. The van der Waals surface area contributed by atoms with Gasteiger partial charge in [0.1, 0.15) is 5.82 Å². The quantitative estimate of drug-likeness (QED) is 0.750. The number of alkyl halides is 3. The van der Waals surface area contributed by atoms with Crippen molar-refractivity contribution in [2.24, 2.45) is 11.7 Å². The first-order valence-electron chi connectivity index (χ1n) is 9.17. The number of aromatic nitrogens is 1. The van der Waals surface area contributed by atoms with E-state index in [4.69, 9.17) is 5.73 Å². The summed E-state index contributed by atoms with van der Waals surface area (Å²) in [7, 11) is 0. The molecule has 0 spiro atoms. The summed E-state index contributed by atoms with van der Waals surface area (Å²) in [6.45, 7) is 1.32. The molecule has 2 unspecified atom stereocenters. The number of halogens is 5. The maximum atomic E-state index is 12.6. The number of nitrogens with two attached hydrogens (primary N) is 1. The van der Waals surface area contributed by atoms with Crippen molar-refractivity contribution in [1.29, 1.82) is 0 Å². The second-order valence-electron chi connectivity index (χ2n) is 7.30. The van der Waals surface area contributed by atoms with Gasteiger partial charge in [-0.25, -0.2) is 4.98 Å². The Labute approximate surface area is 175 Å². The summed E-state index contributed by atoms with van der Waals surface area (Å²) < 4.78 is 37.8. The molecule has 3 rings (SSSR count). The second kappa shape index (κ2) is 10.5. The van der Waals surface area contributed by atoms with Gasteiger partial charge in [0.2, 0.25) is 5.91 Å². The number of carbonyl (C=O) groups is 1. The van der Waals surface area contributed by atoms with Crippen molar-refractivity contribution in [3.63, 3.8) is 0 Å². The SMILES string of the molecule is Cl.Cl.NC1CCCC(C(=O)NC2CCN(c3ccc(C(F)(F)F)cn3)CC2)C1. The van der Waals surface area contributed by atoms with Gasteiger partial charge < -0.3 is 16.0 Å². The van der Waals surface area contributed by atoms with Crippen LogP contribution < -0.4 is 16.0 Å². The lowest BCUT2D eigenvalue weighted by atomic mass is 9.85. The molecule has 1 aliphatic carbocycles. The molecule has 1 aromatic rings. The van der Waals surface area contributed by atoms with Crippen LogP contribution in [0, 0.1) is 5.92 Å². The molecular weight excluding hydrogens is 416 g/mol. The van der Waals surface area contributed by atoms with E-state index in [1.54, 1.807) is 0 Å². The first-order valence-corrected chi connectivity index (χ1v) is 9.17. The zero-order valence-electron chi connectivity index (χ0n) is 15.5. The van der Waals surface area contributed by atoms with Gasteiger partial charge in [-0.2, -0.15) is 13.2 Å². The highest BCUT2D eigenvalue weighted by molar-refractivity contribution is 5.85. The number of nitrogens with zero attached hydrogens (tertiary/aromatic N) is 2. The van der Waals surface area contributed by atoms with Crippen LogP contribution in [0.5, 0.6) is 0 Å². The van der Waals surface area contributed by atoms with Crippen molar-refractivity contribution in [2.75, 3.05) is 18.0 Å². The van der Waals surface area contributed by atoms with Gasteiger partial charge in [-0.1, -0.05) is 6.42 Å². The standard InChI is InChI=1S/C18H25F3N4O.2ClH/c19-18(20,21)13-4-5-16(23-11-13)25-8-6-15(7-9-25)24-17(26)12-2-1-3-14(22)10-12;;/h4-5,11-12,14-15H,1-3,6-10,22H2,(H,24,26);2*1H. The number of rotatable bonds is 3. The van der Waals surface area contributed by atoms with Crippen LogP contribution >= 0.6 is 24.8 Å². The highest BCUT2D eigenvalue weighted by Gasteiger charge is 2.31. The van der Waals surface area contributed by atoms with Gasteiger partial charge in [-0.15, -0.1) is 24.8 Å². The van der Waals surface area contributed by atoms with Gasteiger partial charge in [0.15, 0.2) is 0 Å². The summed E-state index contributed by atoms with van der Waals surface area (Å²) in [4.78, 5) is 18.3. The largest absolute Gasteiger partial charge is 0.417 e. The molecule has 1 aliphatic heterocycles. The van der Waals surface area contributed by atoms with E-state index in [0.29, 0.717) is 18.9 Å². The highest BCUT2D eigenvalue weighted by atomic mass is 35.5. The van der Waals surface area contributed by atoms with E-state index >= 15 is 0 Å². The number of nitrogens with one attached hydrogen (secondary N) is 1. The zero-order valence-corrected chi connectivity index (χ0v) is 17.1. The maximum absolute atomic E-state index is 12.6. The lowest BCUT2D eigenvalue weighted by Crippen LogP contribution is -2.47. The normalized spacial score (nSPS) is 23.4. The van der Waals surface area contributed by atoms with Gasteiger partial charge in [0.05, 0.1) is 5.56 Å². The molecule has 0 radical (unpaired) electrons. The molecule has 10 heteroatoms. The monoisotopic (exact) mass is 442 g/mol. The second-order valence-corrected chi connectivity index (χ2v) is 7.30.